The molecule has 0 spiro atoms. The third-order valence-electron chi connectivity index (χ3n) is 3.67. The molecule has 3 heteroatoms. The maximum Gasteiger partial charge on any atom is 0.0340 e. The summed E-state index contributed by atoms with van der Waals surface area (Å²) in [6.07, 6.45) is 1.13. The van der Waals surface area contributed by atoms with Gasteiger partial charge in [-0.25, -0.2) is 0 Å². The first-order chi connectivity index (χ1) is 8.81. The second-order valence-corrected chi connectivity index (χ2v) is 6.13. The van der Waals surface area contributed by atoms with Crippen LogP contribution in [0, 0.1) is 0 Å². The Morgan fingerprint density at radius 1 is 1.39 bits per heavy atom. The molecule has 2 rings (SSSR count). The summed E-state index contributed by atoms with van der Waals surface area (Å²) >= 11 is 2.09. The highest BCUT2D eigenvalue weighted by molar-refractivity contribution is 7.99. The average molecular weight is 264 g/mol. The topological polar surface area (TPSA) is 15.3 Å². The lowest BCUT2D eigenvalue weighted by atomic mass is 9.99. The summed E-state index contributed by atoms with van der Waals surface area (Å²) < 4.78 is 0. The van der Waals surface area contributed by atoms with Gasteiger partial charge in [0.1, 0.15) is 0 Å². The van der Waals surface area contributed by atoms with Gasteiger partial charge >= 0.3 is 0 Å². The Morgan fingerprint density at radius 2 is 2.17 bits per heavy atom. The van der Waals surface area contributed by atoms with Crippen molar-refractivity contribution in [1.82, 2.24) is 10.2 Å². The highest BCUT2D eigenvalue weighted by Gasteiger charge is 2.27. The fourth-order valence-corrected chi connectivity index (χ4v) is 3.92. The number of hydrogen-bond donors (Lipinski definition) is 1. The van der Waals surface area contributed by atoms with E-state index in [0.29, 0.717) is 12.1 Å². The van der Waals surface area contributed by atoms with Crippen LogP contribution in [0.1, 0.15) is 12.5 Å². The number of nitrogens with zero attached hydrogens (tertiary/aromatic N) is 1. The van der Waals surface area contributed by atoms with E-state index in [2.05, 4.69) is 66.3 Å². The molecule has 0 bridgehead atoms. The zero-order valence-electron chi connectivity index (χ0n) is 11.4. The molecule has 1 N–H and O–H groups in total. The van der Waals surface area contributed by atoms with Crippen LogP contribution in [-0.2, 0) is 6.42 Å². The molecule has 0 saturated carbocycles. The number of hydrogen-bond acceptors (Lipinski definition) is 3. The van der Waals surface area contributed by atoms with Crippen LogP contribution >= 0.6 is 11.8 Å². The van der Waals surface area contributed by atoms with Crippen molar-refractivity contribution >= 4 is 11.8 Å². The maximum absolute atomic E-state index is 3.68. The van der Waals surface area contributed by atoms with Crippen LogP contribution in [0.4, 0.5) is 0 Å². The van der Waals surface area contributed by atoms with Crippen LogP contribution in [0.25, 0.3) is 0 Å². The van der Waals surface area contributed by atoms with E-state index < -0.39 is 0 Å². The van der Waals surface area contributed by atoms with E-state index in [4.69, 9.17) is 0 Å². The molecule has 2 atom stereocenters. The standard InChI is InChI=1S/C15H24N2S/c1-3-16-14(11-13-7-5-4-6-8-13)15-12-18-10-9-17(15)2/h4-8,14-16H,3,9-12H2,1-2H3. The van der Waals surface area contributed by atoms with Gasteiger partial charge in [0.15, 0.2) is 0 Å². The van der Waals surface area contributed by atoms with Crippen molar-refractivity contribution in [3.8, 4) is 0 Å². The Bertz CT molecular complexity index is 342. The predicted molar refractivity (Wildman–Crippen MR) is 81.4 cm³/mol. The molecule has 1 aromatic rings. The van der Waals surface area contributed by atoms with E-state index in [1.54, 1.807) is 0 Å². The monoisotopic (exact) mass is 264 g/mol. The molecule has 1 fully saturated rings. The molecule has 1 aliphatic heterocycles. The summed E-state index contributed by atoms with van der Waals surface area (Å²) in [7, 11) is 2.26. The van der Waals surface area contributed by atoms with Gasteiger partial charge < -0.3 is 10.2 Å². The van der Waals surface area contributed by atoms with Crippen molar-refractivity contribution in [2.45, 2.75) is 25.4 Å². The van der Waals surface area contributed by atoms with Gasteiger partial charge in [0.25, 0.3) is 0 Å². The van der Waals surface area contributed by atoms with E-state index in [9.17, 15) is 0 Å². The van der Waals surface area contributed by atoms with Crippen LogP contribution in [0.2, 0.25) is 0 Å². The van der Waals surface area contributed by atoms with Gasteiger partial charge in [0.2, 0.25) is 0 Å². The van der Waals surface area contributed by atoms with Gasteiger partial charge in [-0.1, -0.05) is 37.3 Å². The molecule has 1 aromatic carbocycles. The van der Waals surface area contributed by atoms with Crippen molar-refractivity contribution < 1.29 is 0 Å². The minimum atomic E-state index is 0.565. The molecule has 1 saturated heterocycles. The maximum atomic E-state index is 3.68. The molecule has 18 heavy (non-hydrogen) atoms. The van der Waals surface area contributed by atoms with E-state index in [1.807, 2.05) is 0 Å². The number of benzene rings is 1. The Morgan fingerprint density at radius 3 is 2.83 bits per heavy atom. The largest absolute Gasteiger partial charge is 0.312 e. The lowest BCUT2D eigenvalue weighted by Gasteiger charge is -2.38. The minimum Gasteiger partial charge on any atom is -0.312 e. The summed E-state index contributed by atoms with van der Waals surface area (Å²) in [5.41, 5.74) is 1.44. The zero-order chi connectivity index (χ0) is 12.8. The predicted octanol–water partition coefficient (Wildman–Crippen LogP) is 2.25. The molecule has 0 radical (unpaired) electrons. The molecule has 0 aromatic heterocycles. The highest BCUT2D eigenvalue weighted by atomic mass is 32.2. The van der Waals surface area contributed by atoms with Crippen LogP contribution < -0.4 is 5.32 Å². The van der Waals surface area contributed by atoms with Gasteiger partial charge in [-0.05, 0) is 25.6 Å². The van der Waals surface area contributed by atoms with Crippen LogP contribution in [-0.4, -0.2) is 48.6 Å². The summed E-state index contributed by atoms with van der Waals surface area (Å²) in [4.78, 5) is 2.52. The quantitative estimate of drug-likeness (QED) is 0.878. The number of likely N-dealkylation sites (N-methyl/N-ethyl adjacent to an activating group) is 2. The molecule has 0 aliphatic carbocycles. The Hall–Kier alpha value is -0.510. The summed E-state index contributed by atoms with van der Waals surface area (Å²) in [6.45, 7) is 4.46. The lowest BCUT2D eigenvalue weighted by Crippen LogP contribution is -2.53. The third-order valence-corrected chi connectivity index (χ3v) is 4.72. The lowest BCUT2D eigenvalue weighted by molar-refractivity contribution is 0.215. The smallest absolute Gasteiger partial charge is 0.0340 e. The van der Waals surface area contributed by atoms with Gasteiger partial charge in [0, 0.05) is 30.1 Å². The van der Waals surface area contributed by atoms with E-state index in [-0.39, 0.29) is 0 Å². The second-order valence-electron chi connectivity index (χ2n) is 4.98. The fourth-order valence-electron chi connectivity index (χ4n) is 2.60. The Balaban J connectivity index is 2.02. The van der Waals surface area contributed by atoms with E-state index >= 15 is 0 Å². The van der Waals surface area contributed by atoms with Gasteiger partial charge in [0.05, 0.1) is 0 Å². The Kier molecular flexibility index (Phi) is 5.54. The molecule has 1 heterocycles. The van der Waals surface area contributed by atoms with E-state index in [0.717, 1.165) is 13.0 Å². The summed E-state index contributed by atoms with van der Waals surface area (Å²) in [5, 5.41) is 3.68. The SMILES string of the molecule is CCNC(Cc1ccccc1)C1CSCCN1C. The van der Waals surface area contributed by atoms with E-state index in [1.165, 1.54) is 23.6 Å². The second kappa shape index (κ2) is 7.17. The first-order valence-corrected chi connectivity index (χ1v) is 8.02. The highest BCUT2D eigenvalue weighted by Crippen LogP contribution is 2.19. The molecule has 2 nitrogen and oxygen atoms in total. The first kappa shape index (κ1) is 13.9. The Labute approximate surface area is 115 Å². The van der Waals surface area contributed by atoms with Gasteiger partial charge in [-0.15, -0.1) is 0 Å². The van der Waals surface area contributed by atoms with Gasteiger partial charge in [-0.2, -0.15) is 11.8 Å². The molecular formula is C15H24N2S. The fraction of sp³-hybridized carbons (Fsp3) is 0.600. The van der Waals surface area contributed by atoms with Crippen molar-refractivity contribution in [3.63, 3.8) is 0 Å². The van der Waals surface area contributed by atoms with Crippen molar-refractivity contribution in [3.05, 3.63) is 35.9 Å². The van der Waals surface area contributed by atoms with Crippen LogP contribution in [0.5, 0.6) is 0 Å². The van der Waals surface area contributed by atoms with Crippen LogP contribution in [0.3, 0.4) is 0 Å². The number of nitrogens with one attached hydrogen (secondary N) is 1. The number of rotatable bonds is 5. The molecular weight excluding hydrogens is 240 g/mol. The normalized spacial score (nSPS) is 22.9. The molecule has 0 amide bonds. The van der Waals surface area contributed by atoms with Crippen LogP contribution in [0.15, 0.2) is 30.3 Å². The van der Waals surface area contributed by atoms with Crippen molar-refractivity contribution in [2.24, 2.45) is 0 Å². The molecule has 100 valence electrons. The third kappa shape index (κ3) is 3.74. The summed E-state index contributed by atoms with van der Waals surface area (Å²) in [5.74, 6) is 2.53. The average Bonchev–Trinajstić information content (AvgIpc) is 2.40. The zero-order valence-corrected chi connectivity index (χ0v) is 12.2. The van der Waals surface area contributed by atoms with Crippen molar-refractivity contribution in [2.75, 3.05) is 31.6 Å². The molecule has 2 unspecified atom stereocenters. The van der Waals surface area contributed by atoms with Gasteiger partial charge in [-0.3, -0.25) is 0 Å². The first-order valence-electron chi connectivity index (χ1n) is 6.86. The number of thioether (sulfide) groups is 1. The summed E-state index contributed by atoms with van der Waals surface area (Å²) in [6, 6.07) is 12.1. The van der Waals surface area contributed by atoms with Crippen molar-refractivity contribution in [1.29, 1.82) is 0 Å². The minimum absolute atomic E-state index is 0.565. The molecule has 1 aliphatic rings.